The summed E-state index contributed by atoms with van der Waals surface area (Å²) in [6, 6.07) is 4.19. The van der Waals surface area contributed by atoms with E-state index in [4.69, 9.17) is 38.5 Å². The van der Waals surface area contributed by atoms with E-state index in [-0.39, 0.29) is 45.0 Å². The van der Waals surface area contributed by atoms with Crippen molar-refractivity contribution in [2.75, 3.05) is 19.5 Å². The Labute approximate surface area is 159 Å². The molecule has 0 aliphatic rings. The second kappa shape index (κ2) is 8.35. The van der Waals surface area contributed by atoms with Crippen LogP contribution in [0.4, 0.5) is 10.1 Å². The minimum Gasteiger partial charge on any atom is -0.492 e. The number of hydroxylamine groups is 1. The molecular formula is C17H16Cl2FN3O3. The van der Waals surface area contributed by atoms with E-state index in [1.807, 2.05) is 0 Å². The number of benzene rings is 1. The molecular weight excluding hydrogens is 384 g/mol. The lowest BCUT2D eigenvalue weighted by Gasteiger charge is -2.12. The summed E-state index contributed by atoms with van der Waals surface area (Å²) in [6.07, 6.45) is 0. The molecule has 1 heterocycles. The molecule has 0 radical (unpaired) electrons. The lowest BCUT2D eigenvalue weighted by Crippen LogP contribution is -2.26. The summed E-state index contributed by atoms with van der Waals surface area (Å²) in [6.45, 7) is 5.48. The molecule has 0 unspecified atom stereocenters. The van der Waals surface area contributed by atoms with Gasteiger partial charge in [-0.3, -0.25) is 9.63 Å². The number of ether oxygens (including phenoxy) is 1. The highest BCUT2D eigenvalue weighted by molar-refractivity contribution is 6.36. The van der Waals surface area contributed by atoms with Crippen LogP contribution in [-0.2, 0) is 4.84 Å². The normalized spacial score (nSPS) is 10.5. The molecule has 9 heteroatoms. The molecule has 2 rings (SSSR count). The van der Waals surface area contributed by atoms with Crippen LogP contribution >= 0.6 is 23.2 Å². The largest absolute Gasteiger partial charge is 0.492 e. The van der Waals surface area contributed by atoms with Gasteiger partial charge in [0, 0.05) is 5.56 Å². The molecule has 0 spiro atoms. The summed E-state index contributed by atoms with van der Waals surface area (Å²) in [5, 5.41) is 0.0216. The van der Waals surface area contributed by atoms with Gasteiger partial charge in [0.15, 0.2) is 17.3 Å². The molecule has 0 aliphatic carbocycles. The van der Waals surface area contributed by atoms with Crippen LogP contribution in [0.25, 0.3) is 11.3 Å². The maximum atomic E-state index is 14.6. The molecule has 1 amide bonds. The fourth-order valence-electron chi connectivity index (χ4n) is 2.03. The number of methoxy groups -OCH3 is 1. The fourth-order valence-corrected chi connectivity index (χ4v) is 2.43. The van der Waals surface area contributed by atoms with Gasteiger partial charge in [0.05, 0.1) is 35.1 Å². The molecule has 3 N–H and O–H groups in total. The van der Waals surface area contributed by atoms with E-state index in [1.54, 1.807) is 6.92 Å². The number of hydrogen-bond acceptors (Lipinski definition) is 5. The first-order valence-corrected chi connectivity index (χ1v) is 8.06. The van der Waals surface area contributed by atoms with E-state index in [0.29, 0.717) is 5.57 Å². The minimum atomic E-state index is -0.737. The van der Waals surface area contributed by atoms with Crippen LogP contribution in [0.15, 0.2) is 30.4 Å². The number of halogens is 3. The van der Waals surface area contributed by atoms with Crippen molar-refractivity contribution in [3.05, 3.63) is 51.9 Å². The van der Waals surface area contributed by atoms with Crippen molar-refractivity contribution in [1.82, 2.24) is 10.5 Å². The zero-order valence-electron chi connectivity index (χ0n) is 14.0. The first-order chi connectivity index (χ1) is 12.3. The third-order valence-corrected chi connectivity index (χ3v) is 3.91. The molecule has 1 aromatic carbocycles. The Morgan fingerprint density at radius 3 is 2.73 bits per heavy atom. The number of aromatic nitrogens is 1. The number of rotatable bonds is 6. The molecule has 0 atom stereocenters. The van der Waals surface area contributed by atoms with Gasteiger partial charge in [0.2, 0.25) is 0 Å². The Hall–Kier alpha value is -2.35. The molecule has 0 saturated carbocycles. The Bertz CT molecular complexity index is 875. The molecule has 0 saturated heterocycles. The highest BCUT2D eigenvalue weighted by atomic mass is 35.5. The monoisotopic (exact) mass is 399 g/mol. The van der Waals surface area contributed by atoms with Gasteiger partial charge < -0.3 is 10.5 Å². The van der Waals surface area contributed by atoms with Gasteiger partial charge in [-0.25, -0.2) is 14.9 Å². The topological polar surface area (TPSA) is 86.5 Å². The summed E-state index contributed by atoms with van der Waals surface area (Å²) >= 11 is 11.9. The molecule has 0 aliphatic heterocycles. The number of amides is 1. The second-order valence-corrected chi connectivity index (χ2v) is 6.16. The Balaban J connectivity index is 2.45. The number of hydrogen-bond donors (Lipinski definition) is 2. The number of nitrogens with two attached hydrogens (primary N) is 1. The summed E-state index contributed by atoms with van der Waals surface area (Å²) in [5.74, 6) is -1.61. The lowest BCUT2D eigenvalue weighted by molar-refractivity contribution is 0.0396. The van der Waals surface area contributed by atoms with E-state index in [2.05, 4.69) is 17.0 Å². The van der Waals surface area contributed by atoms with E-state index in [9.17, 15) is 9.18 Å². The van der Waals surface area contributed by atoms with Crippen molar-refractivity contribution in [2.45, 2.75) is 6.92 Å². The van der Waals surface area contributed by atoms with Crippen molar-refractivity contribution < 1.29 is 18.8 Å². The minimum absolute atomic E-state index is 0.0477. The maximum Gasteiger partial charge on any atom is 0.295 e. The summed E-state index contributed by atoms with van der Waals surface area (Å²) in [5.41, 5.74) is 8.70. The van der Waals surface area contributed by atoms with Gasteiger partial charge in [0.25, 0.3) is 5.91 Å². The number of carbonyl (C=O) groups is 1. The van der Waals surface area contributed by atoms with Gasteiger partial charge >= 0.3 is 0 Å². The lowest BCUT2D eigenvalue weighted by atomic mass is 10.1. The number of pyridine rings is 1. The first-order valence-electron chi connectivity index (χ1n) is 7.31. The zero-order chi connectivity index (χ0) is 19.4. The Morgan fingerprint density at radius 1 is 1.42 bits per heavy atom. The number of nitrogens with one attached hydrogen (secondary N) is 1. The number of anilines is 1. The molecule has 26 heavy (non-hydrogen) atoms. The number of nitrogens with zero attached hydrogens (tertiary/aromatic N) is 1. The van der Waals surface area contributed by atoms with Gasteiger partial charge in [-0.1, -0.05) is 35.4 Å². The predicted molar refractivity (Wildman–Crippen MR) is 98.8 cm³/mol. The number of nitrogen functional groups attached to an aromatic ring is 1. The van der Waals surface area contributed by atoms with E-state index in [1.165, 1.54) is 25.3 Å². The van der Waals surface area contributed by atoms with Crippen LogP contribution in [0, 0.1) is 5.82 Å². The standard InChI is InChI=1S/C17H16Cl2FN3O3/c1-8(2)7-26-23-17(24)15-13(19)11(21)6-12(22-15)9-4-5-10(18)16(25-3)14(9)20/h4-6H,1,7H2,2-3H3,(H2,21,22)(H,23,24). The average Bonchev–Trinajstić information content (AvgIpc) is 2.57. The Morgan fingerprint density at radius 2 is 2.12 bits per heavy atom. The average molecular weight is 400 g/mol. The molecule has 2 aromatic rings. The quantitative estimate of drug-likeness (QED) is 0.565. The molecule has 0 bridgehead atoms. The van der Waals surface area contributed by atoms with Crippen LogP contribution < -0.4 is 16.0 Å². The third kappa shape index (κ3) is 4.24. The summed E-state index contributed by atoms with van der Waals surface area (Å²) in [4.78, 5) is 21.3. The van der Waals surface area contributed by atoms with Crippen molar-refractivity contribution in [3.8, 4) is 17.0 Å². The van der Waals surface area contributed by atoms with Crippen LogP contribution in [0.3, 0.4) is 0 Å². The van der Waals surface area contributed by atoms with E-state index in [0.717, 1.165) is 0 Å². The number of carbonyl (C=O) groups excluding carboxylic acids is 1. The van der Waals surface area contributed by atoms with Crippen molar-refractivity contribution in [3.63, 3.8) is 0 Å². The summed E-state index contributed by atoms with van der Waals surface area (Å²) < 4.78 is 19.6. The maximum absolute atomic E-state index is 14.6. The molecule has 1 aromatic heterocycles. The Kier molecular flexibility index (Phi) is 6.42. The summed E-state index contributed by atoms with van der Waals surface area (Å²) in [7, 11) is 1.29. The van der Waals surface area contributed by atoms with Gasteiger partial charge in [0.1, 0.15) is 0 Å². The van der Waals surface area contributed by atoms with Crippen LogP contribution in [0.2, 0.25) is 10.0 Å². The van der Waals surface area contributed by atoms with Gasteiger partial charge in [-0.05, 0) is 25.1 Å². The third-order valence-electron chi connectivity index (χ3n) is 3.21. The SMILES string of the molecule is C=C(C)CONC(=O)c1nc(-c2ccc(Cl)c(OC)c2F)cc(N)c1Cl. The van der Waals surface area contributed by atoms with Crippen LogP contribution in [0.5, 0.6) is 5.75 Å². The van der Waals surface area contributed by atoms with Crippen molar-refractivity contribution >= 4 is 34.8 Å². The second-order valence-electron chi connectivity index (χ2n) is 5.38. The van der Waals surface area contributed by atoms with Gasteiger partial charge in [-0.2, -0.15) is 0 Å². The zero-order valence-corrected chi connectivity index (χ0v) is 15.5. The van der Waals surface area contributed by atoms with Crippen molar-refractivity contribution in [2.24, 2.45) is 0 Å². The fraction of sp³-hybridized carbons (Fsp3) is 0.176. The smallest absolute Gasteiger partial charge is 0.295 e. The molecule has 138 valence electrons. The van der Waals surface area contributed by atoms with E-state index >= 15 is 0 Å². The molecule has 6 nitrogen and oxygen atoms in total. The predicted octanol–water partition coefficient (Wildman–Crippen LogP) is 4.02. The van der Waals surface area contributed by atoms with E-state index < -0.39 is 11.7 Å². The van der Waals surface area contributed by atoms with Crippen molar-refractivity contribution in [1.29, 1.82) is 0 Å². The van der Waals surface area contributed by atoms with Gasteiger partial charge in [-0.15, -0.1) is 0 Å². The van der Waals surface area contributed by atoms with Crippen LogP contribution in [0.1, 0.15) is 17.4 Å². The molecule has 0 fully saturated rings. The van der Waals surface area contributed by atoms with Crippen LogP contribution in [-0.4, -0.2) is 24.6 Å². The first kappa shape index (κ1) is 20.0. The highest BCUT2D eigenvalue weighted by Crippen LogP contribution is 2.36. The highest BCUT2D eigenvalue weighted by Gasteiger charge is 2.21.